The lowest BCUT2D eigenvalue weighted by atomic mass is 9.86. The number of nitrogens with zero attached hydrogens (tertiary/aromatic N) is 2. The minimum absolute atomic E-state index is 0.108. The highest BCUT2D eigenvalue weighted by Gasteiger charge is 2.48. The van der Waals surface area contributed by atoms with Gasteiger partial charge in [0.15, 0.2) is 11.5 Å². The average molecular weight is 378 g/mol. The maximum atomic E-state index is 12.8. The van der Waals surface area contributed by atoms with Crippen LogP contribution in [0.25, 0.3) is 0 Å². The minimum atomic E-state index is -0.153. The van der Waals surface area contributed by atoms with Gasteiger partial charge in [0.05, 0.1) is 6.42 Å². The Labute approximate surface area is 163 Å². The lowest BCUT2D eigenvalue weighted by Crippen LogP contribution is -2.34. The quantitative estimate of drug-likeness (QED) is 0.824. The number of rotatable bonds is 3. The van der Waals surface area contributed by atoms with Crippen molar-refractivity contribution in [3.8, 4) is 11.5 Å². The number of likely N-dealkylation sites (tertiary alicyclic amines) is 1. The molecule has 0 radical (unpaired) electrons. The van der Waals surface area contributed by atoms with E-state index in [4.69, 9.17) is 9.47 Å². The van der Waals surface area contributed by atoms with Gasteiger partial charge in [-0.25, -0.2) is 0 Å². The maximum absolute atomic E-state index is 12.8. The summed E-state index contributed by atoms with van der Waals surface area (Å²) in [5.41, 5.74) is 1.71. The van der Waals surface area contributed by atoms with Crippen molar-refractivity contribution in [3.05, 3.63) is 54.1 Å². The van der Waals surface area contributed by atoms with Gasteiger partial charge in [-0.3, -0.25) is 9.59 Å². The van der Waals surface area contributed by atoms with Gasteiger partial charge in [-0.2, -0.15) is 0 Å². The highest BCUT2D eigenvalue weighted by atomic mass is 16.7. The molecule has 6 nitrogen and oxygen atoms in total. The van der Waals surface area contributed by atoms with Crippen molar-refractivity contribution in [3.63, 3.8) is 0 Å². The highest BCUT2D eigenvalue weighted by Crippen LogP contribution is 2.44. The molecule has 1 unspecified atom stereocenters. The standard InChI is InChI=1S/C22H22N2O4/c25-20(10-16-4-2-1-3-5-16)23-9-8-22(13-23)12-21(26)24(14-22)17-6-7-18-19(11-17)28-15-27-18/h1-7,11H,8-10,12-15H2. The third-order valence-electron chi connectivity index (χ3n) is 5.98. The summed E-state index contributed by atoms with van der Waals surface area (Å²) in [7, 11) is 0. The molecule has 1 atom stereocenters. The van der Waals surface area contributed by atoms with Crippen LogP contribution < -0.4 is 14.4 Å². The van der Waals surface area contributed by atoms with E-state index in [9.17, 15) is 9.59 Å². The molecule has 5 rings (SSSR count). The molecule has 0 bridgehead atoms. The van der Waals surface area contributed by atoms with Crippen molar-refractivity contribution >= 4 is 17.5 Å². The third kappa shape index (κ3) is 2.99. The fraction of sp³-hybridized carbons (Fsp3) is 0.364. The van der Waals surface area contributed by atoms with Crippen LogP contribution in [0.3, 0.4) is 0 Å². The predicted octanol–water partition coefficient (Wildman–Crippen LogP) is 2.61. The van der Waals surface area contributed by atoms with Crippen LogP contribution in [0.15, 0.2) is 48.5 Å². The van der Waals surface area contributed by atoms with E-state index in [1.165, 1.54) is 0 Å². The summed E-state index contributed by atoms with van der Waals surface area (Å²) in [6, 6.07) is 15.4. The molecule has 0 aromatic heterocycles. The van der Waals surface area contributed by atoms with E-state index < -0.39 is 0 Å². The zero-order valence-electron chi connectivity index (χ0n) is 15.6. The Morgan fingerprint density at radius 3 is 2.71 bits per heavy atom. The molecule has 6 heteroatoms. The van der Waals surface area contributed by atoms with Crippen molar-refractivity contribution < 1.29 is 19.1 Å². The molecular formula is C22H22N2O4. The second-order valence-corrected chi connectivity index (χ2v) is 7.92. The molecule has 2 aromatic rings. The van der Waals surface area contributed by atoms with Crippen molar-refractivity contribution in [1.82, 2.24) is 4.90 Å². The van der Waals surface area contributed by atoms with Crippen LogP contribution in [-0.2, 0) is 16.0 Å². The van der Waals surface area contributed by atoms with E-state index in [-0.39, 0.29) is 24.0 Å². The number of amides is 2. The van der Waals surface area contributed by atoms with Gasteiger partial charge in [0.1, 0.15) is 0 Å². The molecule has 3 aliphatic rings. The number of carbonyl (C=O) groups is 2. The Balaban J connectivity index is 1.28. The third-order valence-corrected chi connectivity index (χ3v) is 5.98. The lowest BCUT2D eigenvalue weighted by Gasteiger charge is -2.24. The molecule has 3 aliphatic heterocycles. The lowest BCUT2D eigenvalue weighted by molar-refractivity contribution is -0.130. The number of anilines is 1. The van der Waals surface area contributed by atoms with Crippen molar-refractivity contribution in [2.24, 2.45) is 5.41 Å². The fourth-order valence-corrected chi connectivity index (χ4v) is 4.49. The van der Waals surface area contributed by atoms with Crippen LogP contribution in [0.5, 0.6) is 11.5 Å². The van der Waals surface area contributed by atoms with Gasteiger partial charge in [-0.05, 0) is 24.1 Å². The Hall–Kier alpha value is -3.02. The van der Waals surface area contributed by atoms with E-state index in [0.29, 0.717) is 44.0 Å². The highest BCUT2D eigenvalue weighted by molar-refractivity contribution is 5.97. The Bertz CT molecular complexity index is 929. The normalized spacial score (nSPS) is 23.1. The number of hydrogen-bond acceptors (Lipinski definition) is 4. The van der Waals surface area contributed by atoms with Gasteiger partial charge in [-0.1, -0.05) is 30.3 Å². The molecule has 2 amide bonds. The zero-order valence-corrected chi connectivity index (χ0v) is 15.6. The topological polar surface area (TPSA) is 59.1 Å². The van der Waals surface area contributed by atoms with Crippen LogP contribution in [0.1, 0.15) is 18.4 Å². The fourth-order valence-electron chi connectivity index (χ4n) is 4.49. The van der Waals surface area contributed by atoms with E-state index in [1.54, 1.807) is 0 Å². The first-order chi connectivity index (χ1) is 13.6. The Kier molecular flexibility index (Phi) is 4.00. The molecule has 144 valence electrons. The smallest absolute Gasteiger partial charge is 0.231 e. The van der Waals surface area contributed by atoms with Crippen LogP contribution in [-0.4, -0.2) is 43.1 Å². The van der Waals surface area contributed by atoms with Gasteiger partial charge in [0, 0.05) is 43.2 Å². The predicted molar refractivity (Wildman–Crippen MR) is 103 cm³/mol. The van der Waals surface area contributed by atoms with Crippen LogP contribution in [0.4, 0.5) is 5.69 Å². The molecule has 2 fully saturated rings. The van der Waals surface area contributed by atoms with Crippen molar-refractivity contribution in [2.75, 3.05) is 31.3 Å². The number of hydrogen-bond donors (Lipinski definition) is 0. The minimum Gasteiger partial charge on any atom is -0.454 e. The SMILES string of the molecule is O=C(Cc1ccccc1)N1CCC2(CC(=O)N(c3ccc4c(c3)OCO4)C2)C1. The summed E-state index contributed by atoms with van der Waals surface area (Å²) in [6.45, 7) is 2.22. The number of fused-ring (bicyclic) bond motifs is 1. The van der Waals surface area contributed by atoms with Gasteiger partial charge in [-0.15, -0.1) is 0 Å². The maximum Gasteiger partial charge on any atom is 0.231 e. The molecule has 0 aliphatic carbocycles. The summed E-state index contributed by atoms with van der Waals surface area (Å²) in [4.78, 5) is 29.2. The summed E-state index contributed by atoms with van der Waals surface area (Å²) in [5.74, 6) is 1.63. The molecule has 28 heavy (non-hydrogen) atoms. The van der Waals surface area contributed by atoms with E-state index >= 15 is 0 Å². The summed E-state index contributed by atoms with van der Waals surface area (Å²) < 4.78 is 10.8. The Morgan fingerprint density at radius 1 is 1.04 bits per heavy atom. The van der Waals surface area contributed by atoms with Gasteiger partial charge >= 0.3 is 0 Å². The van der Waals surface area contributed by atoms with E-state index in [1.807, 2.05) is 58.3 Å². The van der Waals surface area contributed by atoms with Gasteiger partial charge in [0.2, 0.25) is 18.6 Å². The first kappa shape index (κ1) is 17.1. The summed E-state index contributed by atoms with van der Waals surface area (Å²) >= 11 is 0. The number of ether oxygens (including phenoxy) is 2. The Morgan fingerprint density at radius 2 is 1.86 bits per heavy atom. The molecule has 0 saturated carbocycles. The number of benzene rings is 2. The average Bonchev–Trinajstić information content (AvgIpc) is 3.41. The first-order valence-corrected chi connectivity index (χ1v) is 9.64. The van der Waals surface area contributed by atoms with E-state index in [0.717, 1.165) is 17.7 Å². The van der Waals surface area contributed by atoms with Crippen LogP contribution in [0.2, 0.25) is 0 Å². The van der Waals surface area contributed by atoms with Crippen LogP contribution >= 0.6 is 0 Å². The molecule has 0 N–H and O–H groups in total. The van der Waals surface area contributed by atoms with Crippen molar-refractivity contribution in [1.29, 1.82) is 0 Å². The monoisotopic (exact) mass is 378 g/mol. The molecule has 2 saturated heterocycles. The largest absolute Gasteiger partial charge is 0.454 e. The molecule has 3 heterocycles. The zero-order chi connectivity index (χ0) is 19.1. The second kappa shape index (κ2) is 6.55. The van der Waals surface area contributed by atoms with E-state index in [2.05, 4.69) is 0 Å². The summed E-state index contributed by atoms with van der Waals surface area (Å²) in [5, 5.41) is 0. The molecule has 1 spiro atoms. The van der Waals surface area contributed by atoms with Gasteiger partial charge < -0.3 is 19.3 Å². The molecular weight excluding hydrogens is 356 g/mol. The number of carbonyl (C=O) groups excluding carboxylic acids is 2. The summed E-state index contributed by atoms with van der Waals surface area (Å²) in [6.07, 6.45) is 1.76. The second-order valence-electron chi connectivity index (χ2n) is 7.92. The first-order valence-electron chi connectivity index (χ1n) is 9.64. The molecule has 2 aromatic carbocycles. The van der Waals surface area contributed by atoms with Gasteiger partial charge in [0.25, 0.3) is 0 Å². The van der Waals surface area contributed by atoms with Crippen molar-refractivity contribution in [2.45, 2.75) is 19.3 Å². The van der Waals surface area contributed by atoms with Crippen LogP contribution in [0, 0.1) is 5.41 Å².